The van der Waals surface area contributed by atoms with Crippen molar-refractivity contribution >= 4 is 29.9 Å². The fourth-order valence-corrected chi connectivity index (χ4v) is 3.87. The summed E-state index contributed by atoms with van der Waals surface area (Å²) >= 11 is 0. The molecule has 0 saturated carbocycles. The van der Waals surface area contributed by atoms with Crippen molar-refractivity contribution in [1.29, 1.82) is 0 Å². The fourth-order valence-electron chi connectivity index (χ4n) is 3.87. The van der Waals surface area contributed by atoms with Gasteiger partial charge in [-0.25, -0.2) is 4.99 Å². The number of aliphatic imine (C=N–C) groups is 1. The van der Waals surface area contributed by atoms with Crippen molar-refractivity contribution in [1.82, 2.24) is 20.4 Å². The Kier molecular flexibility index (Phi) is 11.9. The molecule has 1 aromatic carbocycles. The molecule has 3 rings (SSSR count). The van der Waals surface area contributed by atoms with Gasteiger partial charge in [-0.1, -0.05) is 30.7 Å². The van der Waals surface area contributed by atoms with Gasteiger partial charge >= 0.3 is 0 Å². The third kappa shape index (κ3) is 9.19. The Morgan fingerprint density at radius 1 is 1.00 bits per heavy atom. The summed E-state index contributed by atoms with van der Waals surface area (Å²) in [5, 5.41) is 6.86. The van der Waals surface area contributed by atoms with Crippen LogP contribution >= 0.6 is 24.0 Å². The van der Waals surface area contributed by atoms with Gasteiger partial charge in [-0.3, -0.25) is 4.90 Å². The molecule has 0 radical (unpaired) electrons. The van der Waals surface area contributed by atoms with E-state index in [2.05, 4.69) is 51.6 Å². The zero-order chi connectivity index (χ0) is 19.4. The zero-order valence-electron chi connectivity index (χ0n) is 17.9. The number of halogens is 1. The van der Waals surface area contributed by atoms with Crippen molar-refractivity contribution in [3.8, 4) is 0 Å². The number of hydrogen-bond donors (Lipinski definition) is 2. The Hall–Kier alpha value is -0.900. The predicted molar refractivity (Wildman–Crippen MR) is 131 cm³/mol. The molecule has 2 aliphatic heterocycles. The van der Waals surface area contributed by atoms with E-state index in [-0.39, 0.29) is 24.0 Å². The average molecular weight is 515 g/mol. The molecule has 7 heteroatoms. The second kappa shape index (κ2) is 14.2. The van der Waals surface area contributed by atoms with E-state index in [4.69, 9.17) is 9.73 Å². The van der Waals surface area contributed by atoms with E-state index in [0.29, 0.717) is 6.54 Å². The highest BCUT2D eigenvalue weighted by molar-refractivity contribution is 14.0. The van der Waals surface area contributed by atoms with Gasteiger partial charge in [0.25, 0.3) is 0 Å². The standard InChI is InChI=1S/C22H37N5O.HI/c1-2-23-22(24-9-12-26-10-4-3-5-11-26)25-18-20-7-6-8-21(17-20)19-27-13-15-28-16-14-27;/h6-8,17H,2-5,9-16,18-19H2,1H3,(H2,23,24,25);1H. The summed E-state index contributed by atoms with van der Waals surface area (Å²) in [6.45, 7) is 13.0. The maximum Gasteiger partial charge on any atom is 0.191 e. The number of nitrogens with one attached hydrogen (secondary N) is 2. The summed E-state index contributed by atoms with van der Waals surface area (Å²) in [6, 6.07) is 8.82. The first-order valence-electron chi connectivity index (χ1n) is 11.0. The summed E-state index contributed by atoms with van der Waals surface area (Å²) in [4.78, 5) is 9.80. The number of hydrogen-bond acceptors (Lipinski definition) is 4. The van der Waals surface area contributed by atoms with Gasteiger partial charge in [0, 0.05) is 39.3 Å². The molecule has 0 aromatic heterocycles. The Morgan fingerprint density at radius 2 is 1.76 bits per heavy atom. The summed E-state index contributed by atoms with van der Waals surface area (Å²) in [5.41, 5.74) is 2.62. The van der Waals surface area contributed by atoms with Gasteiger partial charge in [-0.15, -0.1) is 24.0 Å². The predicted octanol–water partition coefficient (Wildman–Crippen LogP) is 2.68. The average Bonchev–Trinajstić information content (AvgIpc) is 2.74. The lowest BCUT2D eigenvalue weighted by Gasteiger charge is -2.26. The molecule has 0 amide bonds. The zero-order valence-corrected chi connectivity index (χ0v) is 20.2. The molecule has 1 aromatic rings. The van der Waals surface area contributed by atoms with Crippen molar-refractivity contribution in [3.05, 3.63) is 35.4 Å². The van der Waals surface area contributed by atoms with Crippen LogP contribution in [0.5, 0.6) is 0 Å². The SMILES string of the molecule is CCNC(=NCc1cccc(CN2CCOCC2)c1)NCCN1CCCCC1.I. The lowest BCUT2D eigenvalue weighted by molar-refractivity contribution is 0.0342. The number of nitrogens with zero attached hydrogens (tertiary/aromatic N) is 3. The van der Waals surface area contributed by atoms with Crippen LogP contribution in [-0.2, 0) is 17.8 Å². The lowest BCUT2D eigenvalue weighted by atomic mass is 10.1. The topological polar surface area (TPSA) is 52.1 Å². The van der Waals surface area contributed by atoms with E-state index in [0.717, 1.165) is 58.4 Å². The number of likely N-dealkylation sites (tertiary alicyclic amines) is 1. The van der Waals surface area contributed by atoms with Crippen LogP contribution in [0.1, 0.15) is 37.3 Å². The Balaban J connectivity index is 0.00000300. The quantitative estimate of drug-likeness (QED) is 0.317. The molecule has 2 fully saturated rings. The highest BCUT2D eigenvalue weighted by atomic mass is 127. The van der Waals surface area contributed by atoms with E-state index < -0.39 is 0 Å². The van der Waals surface area contributed by atoms with Crippen LogP contribution < -0.4 is 10.6 Å². The highest BCUT2D eigenvalue weighted by Gasteiger charge is 2.11. The van der Waals surface area contributed by atoms with Crippen molar-refractivity contribution in [2.45, 2.75) is 39.3 Å². The largest absolute Gasteiger partial charge is 0.379 e. The second-order valence-electron chi connectivity index (χ2n) is 7.73. The molecule has 0 atom stereocenters. The number of ether oxygens (including phenoxy) is 1. The van der Waals surface area contributed by atoms with E-state index in [1.54, 1.807) is 0 Å². The van der Waals surface area contributed by atoms with Gasteiger partial charge < -0.3 is 20.3 Å². The van der Waals surface area contributed by atoms with E-state index in [9.17, 15) is 0 Å². The Morgan fingerprint density at radius 3 is 2.52 bits per heavy atom. The fraction of sp³-hybridized carbons (Fsp3) is 0.682. The molecular weight excluding hydrogens is 477 g/mol. The molecule has 6 nitrogen and oxygen atoms in total. The summed E-state index contributed by atoms with van der Waals surface area (Å²) in [6.07, 6.45) is 4.07. The minimum Gasteiger partial charge on any atom is -0.379 e. The molecule has 2 heterocycles. The normalized spacial score (nSPS) is 18.9. The van der Waals surface area contributed by atoms with Crippen LogP contribution in [0.25, 0.3) is 0 Å². The maximum atomic E-state index is 5.44. The van der Waals surface area contributed by atoms with Gasteiger partial charge in [0.05, 0.1) is 19.8 Å². The second-order valence-corrected chi connectivity index (χ2v) is 7.73. The van der Waals surface area contributed by atoms with Crippen molar-refractivity contribution in [2.24, 2.45) is 4.99 Å². The van der Waals surface area contributed by atoms with Crippen LogP contribution in [0.3, 0.4) is 0 Å². The molecule has 0 aliphatic carbocycles. The summed E-state index contributed by atoms with van der Waals surface area (Å²) in [5.74, 6) is 0.915. The Labute approximate surface area is 193 Å². The highest BCUT2D eigenvalue weighted by Crippen LogP contribution is 2.11. The lowest BCUT2D eigenvalue weighted by Crippen LogP contribution is -2.42. The smallest absolute Gasteiger partial charge is 0.191 e. The first kappa shape index (κ1) is 24.4. The van der Waals surface area contributed by atoms with Crippen molar-refractivity contribution in [3.63, 3.8) is 0 Å². The molecule has 2 aliphatic rings. The van der Waals surface area contributed by atoms with Gasteiger partial charge in [0.2, 0.25) is 0 Å². The summed E-state index contributed by atoms with van der Waals surface area (Å²) < 4.78 is 5.44. The molecule has 0 spiro atoms. The van der Waals surface area contributed by atoms with Crippen LogP contribution in [0.4, 0.5) is 0 Å². The van der Waals surface area contributed by atoms with Gasteiger partial charge in [0.15, 0.2) is 5.96 Å². The molecule has 0 unspecified atom stereocenters. The molecule has 164 valence electrons. The minimum absolute atomic E-state index is 0. The van der Waals surface area contributed by atoms with Crippen LogP contribution in [0, 0.1) is 0 Å². The van der Waals surface area contributed by atoms with Gasteiger partial charge in [0.1, 0.15) is 0 Å². The first-order valence-corrected chi connectivity index (χ1v) is 11.0. The number of morpholine rings is 1. The van der Waals surface area contributed by atoms with Gasteiger partial charge in [-0.2, -0.15) is 0 Å². The molecular formula is C22H38IN5O. The number of rotatable bonds is 8. The Bertz CT molecular complexity index is 601. The number of benzene rings is 1. The van der Waals surface area contributed by atoms with E-state index in [1.807, 2.05) is 0 Å². The maximum absolute atomic E-state index is 5.44. The first-order chi connectivity index (χ1) is 13.8. The van der Waals surface area contributed by atoms with Crippen LogP contribution in [0.2, 0.25) is 0 Å². The van der Waals surface area contributed by atoms with Crippen molar-refractivity contribution in [2.75, 3.05) is 59.0 Å². The van der Waals surface area contributed by atoms with Crippen molar-refractivity contribution < 1.29 is 4.74 Å². The number of guanidine groups is 1. The molecule has 2 N–H and O–H groups in total. The van der Waals surface area contributed by atoms with E-state index >= 15 is 0 Å². The monoisotopic (exact) mass is 515 g/mol. The molecule has 29 heavy (non-hydrogen) atoms. The third-order valence-corrected chi connectivity index (χ3v) is 5.43. The molecule has 2 saturated heterocycles. The third-order valence-electron chi connectivity index (χ3n) is 5.43. The summed E-state index contributed by atoms with van der Waals surface area (Å²) in [7, 11) is 0. The molecule has 0 bridgehead atoms. The van der Waals surface area contributed by atoms with Gasteiger partial charge in [-0.05, 0) is 44.0 Å². The van der Waals surface area contributed by atoms with E-state index in [1.165, 1.54) is 43.5 Å². The number of piperidine rings is 1. The van der Waals surface area contributed by atoms with Crippen LogP contribution in [-0.4, -0.2) is 74.8 Å². The minimum atomic E-state index is 0. The van der Waals surface area contributed by atoms with Crippen LogP contribution in [0.15, 0.2) is 29.3 Å².